The van der Waals surface area contributed by atoms with Crippen LogP contribution >= 0.6 is 0 Å². The van der Waals surface area contributed by atoms with Gasteiger partial charge in [0.25, 0.3) is 11.8 Å². The number of fused-ring (bicyclic) bond motifs is 1. The number of rotatable bonds is 5. The average Bonchev–Trinajstić information content (AvgIpc) is 3.11. The number of amides is 2. The molecule has 4 aromatic rings. The average molecular weight is 445 g/mol. The maximum atomic E-state index is 13.2. The number of halogens is 1. The van der Waals surface area contributed by atoms with Crippen molar-refractivity contribution in [3.63, 3.8) is 0 Å². The summed E-state index contributed by atoms with van der Waals surface area (Å²) in [5, 5.41) is 7.49. The van der Waals surface area contributed by atoms with Gasteiger partial charge in [0.1, 0.15) is 5.82 Å². The Hall–Kier alpha value is -4.00. The third-order valence-electron chi connectivity index (χ3n) is 5.19. The van der Waals surface area contributed by atoms with Gasteiger partial charge in [-0.15, -0.1) is 0 Å². The maximum Gasteiger partial charge on any atom is 0.252 e. The molecule has 0 fully saturated rings. The largest absolute Gasteiger partial charge is 0.365 e. The van der Waals surface area contributed by atoms with Crippen LogP contribution in [0.15, 0.2) is 66.9 Å². The number of aromatic nitrogens is 2. The fourth-order valence-corrected chi connectivity index (χ4v) is 3.71. The molecule has 0 aliphatic heterocycles. The van der Waals surface area contributed by atoms with E-state index in [2.05, 4.69) is 10.4 Å². The quantitative estimate of drug-likeness (QED) is 0.479. The molecule has 168 valence electrons. The van der Waals surface area contributed by atoms with E-state index >= 15 is 0 Å². The van der Waals surface area contributed by atoms with Gasteiger partial charge in [-0.05, 0) is 73.9 Å². The molecule has 2 aromatic carbocycles. The van der Waals surface area contributed by atoms with Gasteiger partial charge in [0, 0.05) is 23.7 Å². The molecule has 33 heavy (non-hydrogen) atoms. The van der Waals surface area contributed by atoms with Crippen molar-refractivity contribution in [1.29, 1.82) is 0 Å². The zero-order chi connectivity index (χ0) is 23.8. The second kappa shape index (κ2) is 8.50. The van der Waals surface area contributed by atoms with Gasteiger partial charge < -0.3 is 11.1 Å². The monoisotopic (exact) mass is 444 g/mol. The summed E-state index contributed by atoms with van der Waals surface area (Å²) < 4.78 is 14.9. The van der Waals surface area contributed by atoms with Crippen LogP contribution in [0.2, 0.25) is 0 Å². The summed E-state index contributed by atoms with van der Waals surface area (Å²) in [6, 6.07) is 17.1. The standard InChI is InChI=1S/C26H25FN4O2/c1-26(2,3)29-25(33)19-6-4-5-17(14-19)18-11-12-31-22(15-18)23(24(28)32)21(30-31)13-16-7-9-20(27)10-8-16/h4-12,14-15H,13H2,1-3H3,(H2,28,32)(H,29,33). The third-order valence-corrected chi connectivity index (χ3v) is 5.19. The molecular formula is C26H25FN4O2. The number of hydrogen-bond donors (Lipinski definition) is 2. The first kappa shape index (κ1) is 22.2. The van der Waals surface area contributed by atoms with Gasteiger partial charge >= 0.3 is 0 Å². The van der Waals surface area contributed by atoms with E-state index in [0.29, 0.717) is 28.8 Å². The lowest BCUT2D eigenvalue weighted by atomic mass is 10.0. The lowest BCUT2D eigenvalue weighted by molar-refractivity contribution is 0.0918. The zero-order valence-corrected chi connectivity index (χ0v) is 18.7. The Kier molecular flexibility index (Phi) is 5.72. The lowest BCUT2D eigenvalue weighted by Gasteiger charge is -2.20. The van der Waals surface area contributed by atoms with Crippen molar-refractivity contribution in [3.8, 4) is 11.1 Å². The minimum absolute atomic E-state index is 0.158. The molecule has 0 spiro atoms. The van der Waals surface area contributed by atoms with E-state index in [4.69, 9.17) is 5.73 Å². The number of hydrogen-bond acceptors (Lipinski definition) is 3. The van der Waals surface area contributed by atoms with E-state index < -0.39 is 5.91 Å². The predicted octanol–water partition coefficient (Wildman–Crippen LogP) is 4.36. The summed E-state index contributed by atoms with van der Waals surface area (Å²) in [5.74, 6) is -1.07. The molecule has 0 aliphatic carbocycles. The number of pyridine rings is 1. The first-order valence-corrected chi connectivity index (χ1v) is 10.6. The molecule has 0 saturated carbocycles. The number of nitrogens with zero attached hydrogens (tertiary/aromatic N) is 2. The van der Waals surface area contributed by atoms with Gasteiger partial charge in [-0.25, -0.2) is 8.91 Å². The topological polar surface area (TPSA) is 89.5 Å². The normalized spacial score (nSPS) is 11.5. The Morgan fingerprint density at radius 3 is 2.39 bits per heavy atom. The molecule has 7 heteroatoms. The Balaban J connectivity index is 1.73. The number of nitrogens with two attached hydrogens (primary N) is 1. The van der Waals surface area contributed by atoms with E-state index in [-0.39, 0.29) is 17.3 Å². The molecule has 0 bridgehead atoms. The van der Waals surface area contributed by atoms with Crippen molar-refractivity contribution in [3.05, 3.63) is 95.1 Å². The Labute approximate surface area is 191 Å². The number of carbonyl (C=O) groups is 2. The first-order valence-electron chi connectivity index (χ1n) is 10.6. The highest BCUT2D eigenvalue weighted by atomic mass is 19.1. The van der Waals surface area contributed by atoms with E-state index in [1.165, 1.54) is 12.1 Å². The Bertz CT molecular complexity index is 1350. The minimum atomic E-state index is -0.586. The van der Waals surface area contributed by atoms with Crippen LogP contribution in [-0.2, 0) is 6.42 Å². The molecule has 2 heterocycles. The van der Waals surface area contributed by atoms with Crippen LogP contribution in [0, 0.1) is 5.82 Å². The van der Waals surface area contributed by atoms with Crippen molar-refractivity contribution < 1.29 is 14.0 Å². The van der Waals surface area contributed by atoms with Crippen LogP contribution < -0.4 is 11.1 Å². The molecule has 3 N–H and O–H groups in total. The van der Waals surface area contributed by atoms with Gasteiger partial charge in [0.15, 0.2) is 0 Å². The summed E-state index contributed by atoms with van der Waals surface area (Å²) in [6.07, 6.45) is 2.10. The third kappa shape index (κ3) is 4.92. The van der Waals surface area contributed by atoms with E-state index in [1.54, 1.807) is 28.9 Å². The van der Waals surface area contributed by atoms with Crippen molar-refractivity contribution in [1.82, 2.24) is 14.9 Å². The van der Waals surface area contributed by atoms with Crippen molar-refractivity contribution >= 4 is 17.3 Å². The number of nitrogens with one attached hydrogen (secondary N) is 1. The molecule has 0 atom stereocenters. The van der Waals surface area contributed by atoms with Crippen LogP contribution in [0.1, 0.15) is 52.7 Å². The fraction of sp³-hybridized carbons (Fsp3) is 0.192. The summed E-state index contributed by atoms with van der Waals surface area (Å²) in [7, 11) is 0. The highest BCUT2D eigenvalue weighted by Crippen LogP contribution is 2.26. The van der Waals surface area contributed by atoms with Crippen molar-refractivity contribution in [2.75, 3.05) is 0 Å². The second-order valence-corrected chi connectivity index (χ2v) is 9.02. The van der Waals surface area contributed by atoms with Crippen LogP contribution in [0.3, 0.4) is 0 Å². The van der Waals surface area contributed by atoms with Gasteiger partial charge in [0.2, 0.25) is 0 Å². The number of primary amides is 1. The zero-order valence-electron chi connectivity index (χ0n) is 18.7. The summed E-state index contributed by atoms with van der Waals surface area (Å²) in [5.41, 5.74) is 9.79. The Morgan fingerprint density at radius 2 is 1.73 bits per heavy atom. The van der Waals surface area contributed by atoms with Gasteiger partial charge in [-0.1, -0.05) is 24.3 Å². The SMILES string of the molecule is CC(C)(C)NC(=O)c1cccc(-c2ccn3nc(Cc4ccc(F)cc4)c(C(N)=O)c3c2)c1. The van der Waals surface area contributed by atoms with E-state index in [1.807, 2.05) is 51.1 Å². The highest BCUT2D eigenvalue weighted by Gasteiger charge is 2.19. The van der Waals surface area contributed by atoms with Crippen LogP contribution in [-0.4, -0.2) is 27.0 Å². The van der Waals surface area contributed by atoms with Crippen molar-refractivity contribution in [2.24, 2.45) is 5.73 Å². The Morgan fingerprint density at radius 1 is 1.03 bits per heavy atom. The summed E-state index contributed by atoms with van der Waals surface area (Å²) in [4.78, 5) is 24.9. The first-order chi connectivity index (χ1) is 15.6. The van der Waals surface area contributed by atoms with E-state index in [9.17, 15) is 14.0 Å². The molecule has 0 saturated heterocycles. The number of carbonyl (C=O) groups excluding carboxylic acids is 2. The van der Waals surface area contributed by atoms with Crippen molar-refractivity contribution in [2.45, 2.75) is 32.7 Å². The fourth-order valence-electron chi connectivity index (χ4n) is 3.71. The number of benzene rings is 2. The molecule has 0 aliphatic rings. The maximum absolute atomic E-state index is 13.2. The van der Waals surface area contributed by atoms with Crippen LogP contribution in [0.5, 0.6) is 0 Å². The lowest BCUT2D eigenvalue weighted by Crippen LogP contribution is -2.40. The molecule has 2 amide bonds. The molecule has 6 nitrogen and oxygen atoms in total. The van der Waals surface area contributed by atoms with Crippen LogP contribution in [0.4, 0.5) is 4.39 Å². The minimum Gasteiger partial charge on any atom is -0.365 e. The van der Waals surface area contributed by atoms with Gasteiger partial charge in [-0.3, -0.25) is 9.59 Å². The predicted molar refractivity (Wildman–Crippen MR) is 126 cm³/mol. The molecule has 4 rings (SSSR count). The second-order valence-electron chi connectivity index (χ2n) is 9.02. The summed E-state index contributed by atoms with van der Waals surface area (Å²) in [6.45, 7) is 5.78. The smallest absolute Gasteiger partial charge is 0.252 e. The molecule has 2 aromatic heterocycles. The summed E-state index contributed by atoms with van der Waals surface area (Å²) >= 11 is 0. The van der Waals surface area contributed by atoms with Crippen LogP contribution in [0.25, 0.3) is 16.6 Å². The molecule has 0 unspecified atom stereocenters. The molecular weight excluding hydrogens is 419 g/mol. The van der Waals surface area contributed by atoms with Gasteiger partial charge in [-0.2, -0.15) is 5.10 Å². The van der Waals surface area contributed by atoms with E-state index in [0.717, 1.165) is 16.7 Å². The highest BCUT2D eigenvalue weighted by molar-refractivity contribution is 6.02. The molecule has 0 radical (unpaired) electrons. The van der Waals surface area contributed by atoms with Gasteiger partial charge in [0.05, 0.1) is 16.8 Å².